The minimum absolute atomic E-state index is 0.0193. The fourth-order valence-electron chi connectivity index (χ4n) is 9.22. The van der Waals surface area contributed by atoms with Crippen LogP contribution in [0, 0.1) is 6.92 Å². The van der Waals surface area contributed by atoms with Gasteiger partial charge in [-0.3, -0.25) is 14.4 Å². The molecule has 332 valence electrons. The number of aryl methyl sites for hydroxylation is 1. The Balaban J connectivity index is 0.000000211. The zero-order valence-electron chi connectivity index (χ0n) is 37.2. The molecule has 0 unspecified atom stereocenters. The lowest BCUT2D eigenvalue weighted by atomic mass is 9.82. The summed E-state index contributed by atoms with van der Waals surface area (Å²) in [5, 5.41) is 13.5. The van der Waals surface area contributed by atoms with Gasteiger partial charge in [-0.2, -0.15) is 0 Å². The van der Waals surface area contributed by atoms with E-state index >= 15 is 0 Å². The van der Waals surface area contributed by atoms with E-state index in [1.54, 1.807) is 24.3 Å². The van der Waals surface area contributed by atoms with E-state index in [1.807, 2.05) is 75.1 Å². The topological polar surface area (TPSA) is 143 Å². The van der Waals surface area contributed by atoms with Crippen molar-refractivity contribution in [3.63, 3.8) is 0 Å². The molecule has 2 aliphatic rings. The first-order valence-corrected chi connectivity index (χ1v) is 23.3. The van der Waals surface area contributed by atoms with Crippen molar-refractivity contribution >= 4 is 79.2 Å². The number of nitrogens with zero attached hydrogens (tertiary/aromatic N) is 2. The van der Waals surface area contributed by atoms with E-state index in [4.69, 9.17) is 14.2 Å². The van der Waals surface area contributed by atoms with Gasteiger partial charge in [0.05, 0.1) is 44.4 Å². The fraction of sp³-hybridized carbons (Fsp3) is 0.490. The lowest BCUT2D eigenvalue weighted by molar-refractivity contribution is -0.156. The first-order chi connectivity index (χ1) is 29.3. The molecule has 2 aliphatic carbocycles. The second-order valence-corrected chi connectivity index (χ2v) is 20.2. The van der Waals surface area contributed by atoms with E-state index in [-0.39, 0.29) is 30.6 Å². The number of rotatable bonds is 10. The van der Waals surface area contributed by atoms with Gasteiger partial charge in [0.2, 0.25) is 0 Å². The van der Waals surface area contributed by atoms with Crippen LogP contribution >= 0.6 is 27.3 Å². The van der Waals surface area contributed by atoms with Crippen molar-refractivity contribution in [3.8, 4) is 11.3 Å². The Kier molecular flexibility index (Phi) is 14.6. The maximum absolute atomic E-state index is 13.0. The molecule has 3 aromatic heterocycles. The normalized spacial score (nSPS) is 15.2. The predicted octanol–water partition coefficient (Wildman–Crippen LogP) is 12.2. The first kappa shape index (κ1) is 46.7. The third-order valence-electron chi connectivity index (χ3n) is 11.6. The molecule has 7 rings (SSSR count). The smallest absolute Gasteiger partial charge is 0.337 e. The number of aldehydes is 1. The number of aromatic nitrogens is 2. The number of hydrogen-bond donors (Lipinski definition) is 1. The Bertz CT molecular complexity index is 2480. The molecule has 2 aromatic carbocycles. The van der Waals surface area contributed by atoms with Crippen molar-refractivity contribution < 1.29 is 43.3 Å². The Hall–Kier alpha value is -4.75. The summed E-state index contributed by atoms with van der Waals surface area (Å²) in [5.41, 5.74) is 5.97. The van der Waals surface area contributed by atoms with Crippen LogP contribution in [0.15, 0.2) is 46.4 Å². The molecular formula is C49H59BrN2O9S. The standard InChI is InChI=1S/C27H31NO5S.C22H28BrNO4/c1-27(2,3)33-23(30)15-28-21-14-18(26(31)32-4)10-11-19(21)24(17-8-6-5-7-9-17)25(28)20-12-13-34-22(20)16-29;1-13-10-15(21(26)27)11-16-18(13)19(14-8-6-5-7-9-14)20(23)24(16)12-17(25)28-22(2,3)4/h10-14,16-17H,5-9,15H2,1-4H3;10-11,14H,5-9,12H2,1-4H3,(H,26,27). The zero-order chi connectivity index (χ0) is 45.1. The molecule has 5 aromatic rings. The number of carboxylic acid groups (broad SMARTS) is 1. The highest BCUT2D eigenvalue weighted by atomic mass is 79.9. The molecule has 1 N–H and O–H groups in total. The summed E-state index contributed by atoms with van der Waals surface area (Å²) in [7, 11) is 1.35. The van der Waals surface area contributed by atoms with E-state index in [2.05, 4.69) is 15.9 Å². The molecule has 11 nitrogen and oxygen atoms in total. The second kappa shape index (κ2) is 19.3. The van der Waals surface area contributed by atoms with Crippen molar-refractivity contribution in [1.82, 2.24) is 9.13 Å². The van der Waals surface area contributed by atoms with Crippen molar-refractivity contribution in [2.75, 3.05) is 7.11 Å². The number of thiophene rings is 1. The summed E-state index contributed by atoms with van der Waals surface area (Å²) in [6.07, 6.45) is 12.4. The number of esters is 3. The van der Waals surface area contributed by atoms with Crippen molar-refractivity contribution in [2.24, 2.45) is 0 Å². The summed E-state index contributed by atoms with van der Waals surface area (Å²) in [6.45, 7) is 13.0. The van der Waals surface area contributed by atoms with E-state index in [0.717, 1.165) is 93.6 Å². The molecule has 2 fully saturated rings. The van der Waals surface area contributed by atoms with Crippen molar-refractivity contribution in [2.45, 2.75) is 149 Å². The highest BCUT2D eigenvalue weighted by molar-refractivity contribution is 9.10. The number of carboxylic acids is 1. The highest BCUT2D eigenvalue weighted by Crippen LogP contribution is 2.46. The van der Waals surface area contributed by atoms with Crippen LogP contribution in [-0.4, -0.2) is 62.7 Å². The monoisotopic (exact) mass is 930 g/mol. The van der Waals surface area contributed by atoms with Crippen LogP contribution in [0.25, 0.3) is 33.1 Å². The van der Waals surface area contributed by atoms with E-state index < -0.39 is 23.1 Å². The third kappa shape index (κ3) is 10.5. The second-order valence-electron chi connectivity index (χ2n) is 18.5. The Morgan fingerprint density at radius 1 is 0.774 bits per heavy atom. The Morgan fingerprint density at radius 2 is 1.32 bits per heavy atom. The quantitative estimate of drug-likeness (QED) is 0.0822. The number of carbonyl (C=O) groups excluding carboxylic acids is 4. The number of ether oxygens (including phenoxy) is 3. The molecule has 0 saturated heterocycles. The highest BCUT2D eigenvalue weighted by Gasteiger charge is 2.31. The van der Waals surface area contributed by atoms with Gasteiger partial charge < -0.3 is 28.5 Å². The molecular weight excluding hydrogens is 873 g/mol. The molecule has 62 heavy (non-hydrogen) atoms. The van der Waals surface area contributed by atoms with Gasteiger partial charge in [-0.05, 0) is 154 Å². The summed E-state index contributed by atoms with van der Waals surface area (Å²) >= 11 is 5.13. The number of aromatic carboxylic acids is 1. The SMILES string of the molecule is COC(=O)c1ccc2c(C3CCCCC3)c(-c3ccsc3C=O)n(CC(=O)OC(C)(C)C)c2c1.Cc1cc(C(=O)O)cc2c1c(C1CCCCC1)c(Br)n2CC(=O)OC(C)(C)C. The third-order valence-corrected chi connectivity index (χ3v) is 13.3. The van der Waals surface area contributed by atoms with Crippen LogP contribution in [0.4, 0.5) is 0 Å². The van der Waals surface area contributed by atoms with Gasteiger partial charge in [0.15, 0.2) is 6.29 Å². The Morgan fingerprint density at radius 3 is 1.85 bits per heavy atom. The molecule has 2 saturated carbocycles. The maximum atomic E-state index is 13.0. The first-order valence-electron chi connectivity index (χ1n) is 21.6. The van der Waals surface area contributed by atoms with Gasteiger partial charge in [-0.25, -0.2) is 9.59 Å². The lowest BCUT2D eigenvalue weighted by Gasteiger charge is -2.24. The van der Waals surface area contributed by atoms with Crippen LogP contribution in [-0.2, 0) is 36.9 Å². The number of methoxy groups -OCH3 is 1. The largest absolute Gasteiger partial charge is 0.478 e. The number of carbonyl (C=O) groups is 5. The Labute approximate surface area is 376 Å². The van der Waals surface area contributed by atoms with E-state index in [9.17, 15) is 29.1 Å². The summed E-state index contributed by atoms with van der Waals surface area (Å²) in [4.78, 5) is 62.0. The minimum Gasteiger partial charge on any atom is -0.478 e. The molecule has 0 aliphatic heterocycles. The van der Waals surface area contributed by atoms with Gasteiger partial charge in [0.25, 0.3) is 0 Å². The van der Waals surface area contributed by atoms with E-state index in [0.29, 0.717) is 22.3 Å². The van der Waals surface area contributed by atoms with Crippen LogP contribution in [0.5, 0.6) is 0 Å². The van der Waals surface area contributed by atoms with Crippen LogP contribution in [0.3, 0.4) is 0 Å². The molecule has 3 heterocycles. The van der Waals surface area contributed by atoms with E-state index in [1.165, 1.54) is 49.7 Å². The fourth-order valence-corrected chi connectivity index (χ4v) is 10.8. The van der Waals surface area contributed by atoms with Gasteiger partial charge in [0, 0.05) is 16.3 Å². The predicted molar refractivity (Wildman–Crippen MR) is 247 cm³/mol. The molecule has 0 spiro atoms. The lowest BCUT2D eigenvalue weighted by Crippen LogP contribution is -2.26. The molecule has 0 atom stereocenters. The van der Waals surface area contributed by atoms with Gasteiger partial charge in [-0.1, -0.05) is 44.6 Å². The number of fused-ring (bicyclic) bond motifs is 2. The average Bonchev–Trinajstić information content (AvgIpc) is 3.89. The number of hydrogen-bond acceptors (Lipinski definition) is 9. The van der Waals surface area contributed by atoms with Crippen molar-refractivity contribution in [1.29, 1.82) is 0 Å². The zero-order valence-corrected chi connectivity index (χ0v) is 39.6. The summed E-state index contributed by atoms with van der Waals surface area (Å²) in [6, 6.07) is 10.9. The van der Waals surface area contributed by atoms with Gasteiger partial charge in [-0.15, -0.1) is 11.3 Å². The molecule has 0 amide bonds. The minimum atomic E-state index is -0.967. The summed E-state index contributed by atoms with van der Waals surface area (Å²) < 4.78 is 20.8. The van der Waals surface area contributed by atoms with Crippen LogP contribution in [0.2, 0.25) is 0 Å². The average molecular weight is 932 g/mol. The maximum Gasteiger partial charge on any atom is 0.337 e. The molecule has 13 heteroatoms. The van der Waals surface area contributed by atoms with Gasteiger partial charge in [0.1, 0.15) is 24.3 Å². The molecule has 0 radical (unpaired) electrons. The number of halogens is 1. The molecule has 0 bridgehead atoms. The summed E-state index contributed by atoms with van der Waals surface area (Å²) in [5.74, 6) is -1.37. The van der Waals surface area contributed by atoms with Crippen molar-refractivity contribution in [3.05, 3.63) is 79.1 Å². The van der Waals surface area contributed by atoms with Crippen LogP contribution in [0.1, 0.15) is 165 Å². The van der Waals surface area contributed by atoms with Gasteiger partial charge >= 0.3 is 23.9 Å². The number of benzene rings is 2. The van der Waals surface area contributed by atoms with Crippen LogP contribution < -0.4 is 0 Å².